The Morgan fingerprint density at radius 3 is 2.85 bits per heavy atom. The molecule has 112 valence electrons. The van der Waals surface area contributed by atoms with E-state index >= 15 is 0 Å². The lowest BCUT2D eigenvalue weighted by atomic mass is 9.86. The van der Waals surface area contributed by atoms with Crippen molar-refractivity contribution in [3.8, 4) is 0 Å². The van der Waals surface area contributed by atoms with Gasteiger partial charge in [-0.3, -0.25) is 0 Å². The number of benzene rings is 1. The van der Waals surface area contributed by atoms with Gasteiger partial charge in [0.2, 0.25) is 0 Å². The van der Waals surface area contributed by atoms with Gasteiger partial charge in [-0.25, -0.2) is 0 Å². The number of nitrogens with zero attached hydrogens (tertiary/aromatic N) is 1. The quantitative estimate of drug-likeness (QED) is 0.838. The third-order valence-corrected chi connectivity index (χ3v) is 5.26. The molecular formula is C16H24BrClN2. The highest BCUT2D eigenvalue weighted by atomic mass is 79.9. The van der Waals surface area contributed by atoms with Gasteiger partial charge in [0.25, 0.3) is 0 Å². The molecule has 1 aromatic rings. The lowest BCUT2D eigenvalue weighted by Gasteiger charge is -2.44. The Balaban J connectivity index is 2.13. The van der Waals surface area contributed by atoms with Gasteiger partial charge in [0.1, 0.15) is 0 Å². The van der Waals surface area contributed by atoms with Crippen molar-refractivity contribution in [1.82, 2.24) is 5.32 Å². The molecule has 4 heteroatoms. The fourth-order valence-electron chi connectivity index (χ4n) is 3.03. The van der Waals surface area contributed by atoms with Gasteiger partial charge in [-0.2, -0.15) is 0 Å². The van der Waals surface area contributed by atoms with Gasteiger partial charge in [0.15, 0.2) is 0 Å². The molecule has 0 aliphatic carbocycles. The highest BCUT2D eigenvalue weighted by molar-refractivity contribution is 9.10. The minimum absolute atomic E-state index is 0.491. The Kier molecular flexibility index (Phi) is 5.76. The molecule has 0 bridgehead atoms. The maximum absolute atomic E-state index is 6.38. The third-order valence-electron chi connectivity index (χ3n) is 4.44. The molecule has 2 nitrogen and oxygen atoms in total. The molecule has 3 atom stereocenters. The van der Waals surface area contributed by atoms with Crippen LogP contribution in [0.25, 0.3) is 0 Å². The van der Waals surface area contributed by atoms with Crippen LogP contribution in [0.4, 0.5) is 5.69 Å². The van der Waals surface area contributed by atoms with Crippen molar-refractivity contribution in [2.45, 2.75) is 45.7 Å². The summed E-state index contributed by atoms with van der Waals surface area (Å²) in [5, 5.41) is 4.52. The fourth-order valence-corrected chi connectivity index (χ4v) is 3.60. The lowest BCUT2D eigenvalue weighted by Crippen LogP contribution is -2.53. The zero-order valence-electron chi connectivity index (χ0n) is 12.5. The second-order valence-corrected chi connectivity index (χ2v) is 7.06. The van der Waals surface area contributed by atoms with Crippen LogP contribution in [0.2, 0.25) is 5.02 Å². The molecule has 1 aliphatic heterocycles. The molecule has 1 aromatic carbocycles. The number of hydrogen-bond donors (Lipinski definition) is 1. The summed E-state index contributed by atoms with van der Waals surface area (Å²) >= 11 is 9.93. The van der Waals surface area contributed by atoms with Crippen molar-refractivity contribution in [1.29, 1.82) is 0 Å². The van der Waals surface area contributed by atoms with E-state index < -0.39 is 0 Å². The molecular weight excluding hydrogens is 336 g/mol. The van der Waals surface area contributed by atoms with Crippen LogP contribution in [0.5, 0.6) is 0 Å². The molecule has 3 unspecified atom stereocenters. The summed E-state index contributed by atoms with van der Waals surface area (Å²) in [6.45, 7) is 9.04. The third kappa shape index (κ3) is 3.49. The van der Waals surface area contributed by atoms with E-state index in [1.807, 2.05) is 12.1 Å². The minimum Gasteiger partial charge on any atom is -0.367 e. The Morgan fingerprint density at radius 1 is 1.40 bits per heavy atom. The molecule has 1 N–H and O–H groups in total. The Morgan fingerprint density at radius 2 is 2.15 bits per heavy atom. The van der Waals surface area contributed by atoms with Crippen LogP contribution in [-0.2, 0) is 0 Å². The van der Waals surface area contributed by atoms with Crippen molar-refractivity contribution in [3.63, 3.8) is 0 Å². The lowest BCUT2D eigenvalue weighted by molar-refractivity contribution is 0.271. The predicted octanol–water partition coefficient (Wildman–Crippen LogP) is 4.71. The van der Waals surface area contributed by atoms with Crippen LogP contribution < -0.4 is 10.2 Å². The first-order chi connectivity index (χ1) is 9.54. The van der Waals surface area contributed by atoms with Crippen molar-refractivity contribution in [2.75, 3.05) is 18.0 Å². The van der Waals surface area contributed by atoms with Gasteiger partial charge in [-0.1, -0.05) is 41.4 Å². The van der Waals surface area contributed by atoms with Gasteiger partial charge < -0.3 is 10.2 Å². The second kappa shape index (κ2) is 7.15. The minimum atomic E-state index is 0.491. The fraction of sp³-hybridized carbons (Fsp3) is 0.625. The molecule has 20 heavy (non-hydrogen) atoms. The van der Waals surface area contributed by atoms with E-state index in [0.717, 1.165) is 28.3 Å². The summed E-state index contributed by atoms with van der Waals surface area (Å²) in [4.78, 5) is 2.45. The number of anilines is 1. The van der Waals surface area contributed by atoms with Crippen LogP contribution in [0.15, 0.2) is 22.7 Å². The molecule has 0 amide bonds. The molecule has 1 fully saturated rings. The van der Waals surface area contributed by atoms with Crippen molar-refractivity contribution in [2.24, 2.45) is 5.92 Å². The predicted molar refractivity (Wildman–Crippen MR) is 91.8 cm³/mol. The topological polar surface area (TPSA) is 15.3 Å². The monoisotopic (exact) mass is 358 g/mol. The maximum atomic E-state index is 6.38. The SMILES string of the molecule is CCCNC1CCN(c2cc(Br)ccc2Cl)C(C)C1C. The van der Waals surface area contributed by atoms with Gasteiger partial charge >= 0.3 is 0 Å². The molecule has 0 radical (unpaired) electrons. The van der Waals surface area contributed by atoms with Gasteiger partial charge in [0.05, 0.1) is 10.7 Å². The molecule has 1 aliphatic rings. The molecule has 1 heterocycles. The Labute approximate surface area is 136 Å². The standard InChI is InChI=1S/C16H24BrClN2/c1-4-8-19-15-7-9-20(12(3)11(15)2)16-10-13(17)5-6-14(16)18/h5-6,10-12,15,19H,4,7-9H2,1-3H3. The second-order valence-electron chi connectivity index (χ2n) is 5.74. The van der Waals surface area contributed by atoms with Gasteiger partial charge in [-0.05, 0) is 50.4 Å². The van der Waals surface area contributed by atoms with E-state index in [4.69, 9.17) is 11.6 Å². The van der Waals surface area contributed by atoms with Crippen LogP contribution in [0, 0.1) is 5.92 Å². The number of halogens is 2. The van der Waals surface area contributed by atoms with E-state index in [1.54, 1.807) is 0 Å². The molecule has 1 saturated heterocycles. The first-order valence-corrected chi connectivity index (χ1v) is 8.66. The van der Waals surface area contributed by atoms with E-state index in [0.29, 0.717) is 18.0 Å². The van der Waals surface area contributed by atoms with Crippen LogP contribution in [0.3, 0.4) is 0 Å². The highest BCUT2D eigenvalue weighted by Crippen LogP contribution is 2.35. The largest absolute Gasteiger partial charge is 0.367 e. The molecule has 0 saturated carbocycles. The Bertz CT molecular complexity index is 452. The average molecular weight is 360 g/mol. The molecule has 0 aromatic heterocycles. The van der Waals surface area contributed by atoms with E-state index in [9.17, 15) is 0 Å². The smallest absolute Gasteiger partial charge is 0.0640 e. The van der Waals surface area contributed by atoms with Gasteiger partial charge in [-0.15, -0.1) is 0 Å². The molecule has 0 spiro atoms. The number of hydrogen-bond acceptors (Lipinski definition) is 2. The van der Waals surface area contributed by atoms with E-state index in [-0.39, 0.29) is 0 Å². The summed E-state index contributed by atoms with van der Waals surface area (Å²) in [6.07, 6.45) is 2.37. The summed E-state index contributed by atoms with van der Waals surface area (Å²) in [5.74, 6) is 0.616. The normalized spacial score (nSPS) is 26.9. The van der Waals surface area contributed by atoms with E-state index in [2.05, 4.69) is 53.0 Å². The summed E-state index contributed by atoms with van der Waals surface area (Å²) < 4.78 is 1.09. The van der Waals surface area contributed by atoms with Crippen LogP contribution in [0.1, 0.15) is 33.6 Å². The number of nitrogens with one attached hydrogen (secondary N) is 1. The summed E-state index contributed by atoms with van der Waals surface area (Å²) in [6, 6.07) is 7.21. The Hall–Kier alpha value is -0.250. The first-order valence-electron chi connectivity index (χ1n) is 7.49. The average Bonchev–Trinajstić information content (AvgIpc) is 2.43. The zero-order chi connectivity index (χ0) is 14.7. The maximum Gasteiger partial charge on any atom is 0.0640 e. The van der Waals surface area contributed by atoms with E-state index in [1.165, 1.54) is 12.8 Å². The first kappa shape index (κ1) is 16.1. The summed E-state index contributed by atoms with van der Waals surface area (Å²) in [7, 11) is 0. The van der Waals surface area contributed by atoms with Crippen LogP contribution >= 0.6 is 27.5 Å². The summed E-state index contributed by atoms with van der Waals surface area (Å²) in [5.41, 5.74) is 1.15. The van der Waals surface area contributed by atoms with Gasteiger partial charge in [0, 0.05) is 23.1 Å². The van der Waals surface area contributed by atoms with Crippen molar-refractivity contribution in [3.05, 3.63) is 27.7 Å². The zero-order valence-corrected chi connectivity index (χ0v) is 14.8. The number of rotatable bonds is 4. The van der Waals surface area contributed by atoms with Crippen LogP contribution in [-0.4, -0.2) is 25.2 Å². The van der Waals surface area contributed by atoms with Crippen molar-refractivity contribution >= 4 is 33.2 Å². The number of piperidine rings is 1. The van der Waals surface area contributed by atoms with Crippen molar-refractivity contribution < 1.29 is 0 Å². The highest BCUT2D eigenvalue weighted by Gasteiger charge is 2.32. The molecule has 2 rings (SSSR count).